The number of halogens is 2. The first-order valence-electron chi connectivity index (χ1n) is 11.7. The van der Waals surface area contributed by atoms with Crippen LogP contribution in [0.25, 0.3) is 33.5 Å². The zero-order valence-corrected chi connectivity index (χ0v) is 20.9. The van der Waals surface area contributed by atoms with Gasteiger partial charge in [0.1, 0.15) is 11.2 Å². The lowest BCUT2D eigenvalue weighted by Gasteiger charge is -2.29. The summed E-state index contributed by atoms with van der Waals surface area (Å²) in [6.07, 6.45) is 3.07. The molecule has 0 aliphatic carbocycles. The molecule has 0 bridgehead atoms. The van der Waals surface area contributed by atoms with Crippen LogP contribution < -0.4 is 19.7 Å². The third-order valence-corrected chi connectivity index (χ3v) is 6.17. The molecule has 12 heteroatoms. The molecule has 0 saturated carbocycles. The Morgan fingerprint density at radius 2 is 1.71 bits per heavy atom. The fourth-order valence-corrected chi connectivity index (χ4v) is 4.18. The Balaban J connectivity index is 1.69. The summed E-state index contributed by atoms with van der Waals surface area (Å²) in [5.74, 6) is -1.66. The number of ether oxygens (including phenoxy) is 3. The van der Waals surface area contributed by atoms with Crippen molar-refractivity contribution in [3.63, 3.8) is 0 Å². The van der Waals surface area contributed by atoms with E-state index in [2.05, 4.69) is 20.3 Å². The maximum Gasteiger partial charge on any atom is 0.269 e. The molecule has 4 heterocycles. The lowest BCUT2D eigenvalue weighted by atomic mass is 10.1. The van der Waals surface area contributed by atoms with Gasteiger partial charge in [0.15, 0.2) is 34.8 Å². The van der Waals surface area contributed by atoms with Crippen molar-refractivity contribution in [2.75, 3.05) is 52.5 Å². The van der Waals surface area contributed by atoms with Gasteiger partial charge in [-0.05, 0) is 18.2 Å². The van der Waals surface area contributed by atoms with E-state index in [1.807, 2.05) is 4.90 Å². The van der Waals surface area contributed by atoms with Crippen molar-refractivity contribution >= 4 is 22.6 Å². The largest absolute Gasteiger partial charge is 0.494 e. The molecular weight excluding hydrogens is 498 g/mol. The van der Waals surface area contributed by atoms with Gasteiger partial charge in [0.05, 0.1) is 38.7 Å². The van der Waals surface area contributed by atoms with Gasteiger partial charge in [0, 0.05) is 49.5 Å². The highest BCUT2D eigenvalue weighted by Gasteiger charge is 2.26. The number of aromatic nitrogens is 4. The second-order valence-electron chi connectivity index (χ2n) is 8.36. The van der Waals surface area contributed by atoms with Crippen LogP contribution in [0.15, 0.2) is 36.7 Å². The van der Waals surface area contributed by atoms with E-state index in [0.717, 1.165) is 6.07 Å². The van der Waals surface area contributed by atoms with Crippen molar-refractivity contribution in [3.05, 3.63) is 54.0 Å². The number of hydrogen-bond donors (Lipinski definition) is 1. The highest BCUT2D eigenvalue weighted by molar-refractivity contribution is 5.93. The molecule has 1 amide bonds. The van der Waals surface area contributed by atoms with E-state index >= 15 is 8.78 Å². The smallest absolute Gasteiger partial charge is 0.269 e. The predicted molar refractivity (Wildman–Crippen MR) is 135 cm³/mol. The third-order valence-electron chi connectivity index (χ3n) is 6.17. The number of nitrogens with one attached hydrogen (secondary N) is 1. The van der Waals surface area contributed by atoms with Crippen molar-refractivity contribution in [2.45, 2.75) is 0 Å². The van der Waals surface area contributed by atoms with E-state index in [1.54, 1.807) is 18.3 Å². The fraction of sp³-hybridized carbons (Fsp3) is 0.269. The Kier molecular flexibility index (Phi) is 6.97. The van der Waals surface area contributed by atoms with Crippen LogP contribution in [0.5, 0.6) is 11.5 Å². The molecule has 1 N–H and O–H groups in total. The summed E-state index contributed by atoms with van der Waals surface area (Å²) in [7, 11) is 4.11. The molecule has 1 fully saturated rings. The van der Waals surface area contributed by atoms with Crippen molar-refractivity contribution in [1.82, 2.24) is 25.3 Å². The minimum absolute atomic E-state index is 0.0409. The van der Waals surface area contributed by atoms with E-state index < -0.39 is 11.6 Å². The highest BCUT2D eigenvalue weighted by atomic mass is 19.1. The van der Waals surface area contributed by atoms with Gasteiger partial charge in [-0.25, -0.2) is 23.7 Å². The number of methoxy groups -OCH3 is 2. The molecule has 5 rings (SSSR count). The first-order valence-corrected chi connectivity index (χ1v) is 11.7. The average Bonchev–Trinajstić information content (AvgIpc) is 2.97. The lowest BCUT2D eigenvalue weighted by Crippen LogP contribution is -2.37. The molecule has 3 aromatic heterocycles. The Morgan fingerprint density at radius 1 is 1.00 bits per heavy atom. The number of anilines is 1. The predicted octanol–water partition coefficient (Wildman–Crippen LogP) is 3.25. The summed E-state index contributed by atoms with van der Waals surface area (Å²) in [4.78, 5) is 31.8. The third kappa shape index (κ3) is 4.54. The highest BCUT2D eigenvalue weighted by Crippen LogP contribution is 2.39. The molecule has 1 saturated heterocycles. The molecule has 1 aromatic carbocycles. The lowest BCUT2D eigenvalue weighted by molar-refractivity contribution is 0.0958. The Labute approximate surface area is 216 Å². The van der Waals surface area contributed by atoms with E-state index in [1.165, 1.54) is 33.5 Å². The van der Waals surface area contributed by atoms with Gasteiger partial charge in [0.2, 0.25) is 0 Å². The maximum absolute atomic E-state index is 15.3. The molecule has 0 radical (unpaired) electrons. The zero-order chi connectivity index (χ0) is 26.8. The minimum atomic E-state index is -0.898. The molecule has 38 heavy (non-hydrogen) atoms. The molecule has 0 spiro atoms. The standard InChI is InChI=1S/C26H24F2N6O4/c1-29-26(35)16-5-4-14(12-30-16)24-31-13-15-10-17(20-21(27)18(36-2)11-19(37-3)22(20)28)32-25(23(15)33-24)34-6-8-38-9-7-34/h4-5,10-13H,6-9H2,1-3H3,(H,29,35). The molecule has 196 valence electrons. The SMILES string of the molecule is CNC(=O)c1ccc(-c2ncc3cc(-c4c(F)c(OC)cc(OC)c4F)nc(N4CCOCC4)c3n2)cn1. The summed E-state index contributed by atoms with van der Waals surface area (Å²) >= 11 is 0. The van der Waals surface area contributed by atoms with E-state index in [-0.39, 0.29) is 34.4 Å². The first-order chi connectivity index (χ1) is 18.4. The number of hydrogen-bond acceptors (Lipinski definition) is 9. The van der Waals surface area contributed by atoms with Crippen LogP contribution in [0, 0.1) is 11.6 Å². The summed E-state index contributed by atoms with van der Waals surface area (Å²) in [5.41, 5.74) is 1.00. The van der Waals surface area contributed by atoms with Gasteiger partial charge in [-0.1, -0.05) is 0 Å². The first kappa shape index (κ1) is 25.2. The van der Waals surface area contributed by atoms with Crippen molar-refractivity contribution in [1.29, 1.82) is 0 Å². The van der Waals surface area contributed by atoms with Crippen LogP contribution in [-0.2, 0) is 4.74 Å². The maximum atomic E-state index is 15.3. The van der Waals surface area contributed by atoms with Crippen molar-refractivity contribution < 1.29 is 27.8 Å². The van der Waals surface area contributed by atoms with E-state index in [0.29, 0.717) is 54.4 Å². The van der Waals surface area contributed by atoms with Gasteiger partial charge in [0.25, 0.3) is 5.91 Å². The van der Waals surface area contributed by atoms with Gasteiger partial charge >= 0.3 is 0 Å². The van der Waals surface area contributed by atoms with Crippen LogP contribution in [0.4, 0.5) is 14.6 Å². The summed E-state index contributed by atoms with van der Waals surface area (Å²) < 4.78 is 46.4. The van der Waals surface area contributed by atoms with Crippen LogP contribution in [-0.4, -0.2) is 73.4 Å². The van der Waals surface area contributed by atoms with Gasteiger partial charge in [-0.3, -0.25) is 9.78 Å². The van der Waals surface area contributed by atoms with Crippen molar-refractivity contribution in [2.24, 2.45) is 0 Å². The number of nitrogens with zero attached hydrogens (tertiary/aromatic N) is 5. The number of carbonyl (C=O) groups excluding carboxylic acids is 1. The molecule has 10 nitrogen and oxygen atoms in total. The van der Waals surface area contributed by atoms with E-state index in [4.69, 9.17) is 19.2 Å². The quantitative estimate of drug-likeness (QED) is 0.408. The zero-order valence-electron chi connectivity index (χ0n) is 20.9. The molecule has 1 aliphatic rings. The van der Waals surface area contributed by atoms with Gasteiger partial charge < -0.3 is 24.4 Å². The van der Waals surface area contributed by atoms with Crippen LogP contribution >= 0.6 is 0 Å². The Morgan fingerprint density at radius 3 is 2.32 bits per heavy atom. The van der Waals surface area contributed by atoms with E-state index in [9.17, 15) is 4.79 Å². The normalized spacial score (nSPS) is 13.4. The second kappa shape index (κ2) is 10.5. The number of rotatable bonds is 6. The summed E-state index contributed by atoms with van der Waals surface area (Å²) in [6.45, 7) is 1.96. The summed E-state index contributed by atoms with van der Waals surface area (Å²) in [6, 6.07) is 5.95. The number of pyridine rings is 2. The van der Waals surface area contributed by atoms with Crippen LogP contribution in [0.3, 0.4) is 0 Å². The van der Waals surface area contributed by atoms with Crippen LogP contribution in [0.1, 0.15) is 10.5 Å². The van der Waals surface area contributed by atoms with Crippen molar-refractivity contribution in [3.8, 4) is 34.1 Å². The number of fused-ring (bicyclic) bond motifs is 1. The summed E-state index contributed by atoms with van der Waals surface area (Å²) in [5, 5.41) is 3.05. The molecule has 0 unspecified atom stereocenters. The molecular formula is C26H24F2N6O4. The minimum Gasteiger partial charge on any atom is -0.494 e. The average molecular weight is 523 g/mol. The molecule has 4 aromatic rings. The fourth-order valence-electron chi connectivity index (χ4n) is 4.18. The number of benzene rings is 1. The monoisotopic (exact) mass is 522 g/mol. The van der Waals surface area contributed by atoms with Crippen LogP contribution in [0.2, 0.25) is 0 Å². The Bertz CT molecular complexity index is 1480. The number of amides is 1. The topological polar surface area (TPSA) is 112 Å². The van der Waals surface area contributed by atoms with Gasteiger partial charge in [-0.2, -0.15) is 0 Å². The Hall–Kier alpha value is -4.45. The van der Waals surface area contributed by atoms with Gasteiger partial charge in [-0.15, -0.1) is 0 Å². The number of morpholine rings is 1. The molecule has 1 aliphatic heterocycles. The number of carbonyl (C=O) groups is 1. The molecule has 0 atom stereocenters. The second-order valence-corrected chi connectivity index (χ2v) is 8.36.